The Morgan fingerprint density at radius 2 is 2.12 bits per heavy atom. The highest BCUT2D eigenvalue weighted by Crippen LogP contribution is 2.23. The van der Waals surface area contributed by atoms with Gasteiger partial charge >= 0.3 is 0 Å². The third-order valence-electron chi connectivity index (χ3n) is 3.38. The van der Waals surface area contributed by atoms with Gasteiger partial charge in [-0.1, -0.05) is 26.0 Å². The van der Waals surface area contributed by atoms with Crippen LogP contribution in [-0.4, -0.2) is 16.9 Å². The Hall–Kier alpha value is -2.47. The topological polar surface area (TPSA) is 77.2 Å². The maximum Gasteiger partial charge on any atom is 0.237 e. The third-order valence-corrected chi connectivity index (χ3v) is 3.38. The van der Waals surface area contributed by atoms with Crippen molar-refractivity contribution in [1.82, 2.24) is 10.3 Å². The number of halogens is 1. The van der Waals surface area contributed by atoms with Gasteiger partial charge in [-0.25, -0.2) is 9.37 Å². The van der Waals surface area contributed by atoms with Gasteiger partial charge in [0.15, 0.2) is 0 Å². The zero-order valence-electron chi connectivity index (χ0n) is 13.8. The molecule has 2 aromatic rings. The molecule has 128 valence electrons. The lowest BCUT2D eigenvalue weighted by Gasteiger charge is -2.15. The molecule has 0 saturated carbocycles. The number of hydrogen-bond donors (Lipinski definition) is 2. The predicted molar refractivity (Wildman–Crippen MR) is 90.0 cm³/mol. The van der Waals surface area contributed by atoms with Crippen LogP contribution in [0.3, 0.4) is 0 Å². The Labute approximate surface area is 141 Å². The molecule has 0 unspecified atom stereocenters. The fourth-order valence-corrected chi connectivity index (χ4v) is 2.22. The first kappa shape index (κ1) is 17.9. The van der Waals surface area contributed by atoms with E-state index in [2.05, 4.69) is 10.3 Å². The number of aromatic nitrogens is 1. The molecule has 0 fully saturated rings. The molecule has 0 radical (unpaired) electrons. The highest BCUT2D eigenvalue weighted by Gasteiger charge is 2.15. The first-order valence-corrected chi connectivity index (χ1v) is 7.86. The van der Waals surface area contributed by atoms with Crippen LogP contribution in [0.5, 0.6) is 11.6 Å². The molecule has 5 nitrogen and oxygen atoms in total. The second kappa shape index (κ2) is 8.40. The summed E-state index contributed by atoms with van der Waals surface area (Å²) in [6.45, 7) is 4.27. The summed E-state index contributed by atoms with van der Waals surface area (Å²) in [6, 6.07) is 8.79. The number of nitrogens with one attached hydrogen (secondary N) is 1. The largest absolute Gasteiger partial charge is 0.439 e. The molecule has 1 heterocycles. The lowest BCUT2D eigenvalue weighted by molar-refractivity contribution is -0.122. The molecule has 1 amide bonds. The van der Waals surface area contributed by atoms with Gasteiger partial charge in [0.2, 0.25) is 11.8 Å². The molecule has 3 N–H and O–H groups in total. The normalized spacial score (nSPS) is 12.0. The lowest BCUT2D eigenvalue weighted by Crippen LogP contribution is -2.41. The second-order valence-electron chi connectivity index (χ2n) is 5.98. The molecular formula is C18H22FN3O2. The first-order valence-electron chi connectivity index (χ1n) is 7.86. The van der Waals surface area contributed by atoms with Gasteiger partial charge in [0, 0.05) is 24.4 Å². The molecule has 1 aromatic heterocycles. The van der Waals surface area contributed by atoms with Gasteiger partial charge in [-0.05, 0) is 30.5 Å². The van der Waals surface area contributed by atoms with Gasteiger partial charge in [0.05, 0.1) is 6.04 Å². The van der Waals surface area contributed by atoms with Gasteiger partial charge in [0.25, 0.3) is 0 Å². The maximum absolute atomic E-state index is 13.2. The SMILES string of the molecule is CC(C)C[C@H](N)C(=O)NCc1cccnc1Oc1cccc(F)c1. The van der Waals surface area contributed by atoms with Crippen LogP contribution in [0.15, 0.2) is 42.6 Å². The summed E-state index contributed by atoms with van der Waals surface area (Å²) in [5.74, 6) is 0.400. The number of rotatable bonds is 7. The van der Waals surface area contributed by atoms with Crippen molar-refractivity contribution >= 4 is 5.91 Å². The number of pyridine rings is 1. The van der Waals surface area contributed by atoms with Crippen molar-refractivity contribution in [2.45, 2.75) is 32.9 Å². The number of hydrogen-bond acceptors (Lipinski definition) is 4. The van der Waals surface area contributed by atoms with Gasteiger partial charge in [0.1, 0.15) is 11.6 Å². The maximum atomic E-state index is 13.2. The Bertz CT molecular complexity index is 691. The van der Waals surface area contributed by atoms with E-state index in [-0.39, 0.29) is 12.5 Å². The van der Waals surface area contributed by atoms with Crippen LogP contribution in [0.25, 0.3) is 0 Å². The molecule has 1 atom stereocenters. The van der Waals surface area contributed by atoms with E-state index in [1.807, 2.05) is 13.8 Å². The van der Waals surface area contributed by atoms with E-state index < -0.39 is 11.9 Å². The molecule has 0 bridgehead atoms. The quantitative estimate of drug-likeness (QED) is 0.817. The van der Waals surface area contributed by atoms with E-state index >= 15 is 0 Å². The van der Waals surface area contributed by atoms with Crippen molar-refractivity contribution in [2.75, 3.05) is 0 Å². The zero-order valence-corrected chi connectivity index (χ0v) is 13.8. The Balaban J connectivity index is 2.02. The van der Waals surface area contributed by atoms with E-state index in [1.165, 1.54) is 12.1 Å². The highest BCUT2D eigenvalue weighted by atomic mass is 19.1. The predicted octanol–water partition coefficient (Wildman–Crippen LogP) is 3.00. The smallest absolute Gasteiger partial charge is 0.237 e. The van der Waals surface area contributed by atoms with Gasteiger partial charge in [-0.2, -0.15) is 0 Å². The molecule has 0 aliphatic rings. The average Bonchev–Trinajstić information content (AvgIpc) is 2.53. The Morgan fingerprint density at radius 1 is 1.33 bits per heavy atom. The summed E-state index contributed by atoms with van der Waals surface area (Å²) in [4.78, 5) is 16.2. The minimum atomic E-state index is -0.547. The third kappa shape index (κ3) is 5.31. The van der Waals surface area contributed by atoms with Crippen LogP contribution in [-0.2, 0) is 11.3 Å². The van der Waals surface area contributed by atoms with Crippen LogP contribution < -0.4 is 15.8 Å². The number of amides is 1. The van der Waals surface area contributed by atoms with Crippen molar-refractivity contribution in [3.63, 3.8) is 0 Å². The minimum absolute atomic E-state index is 0.218. The summed E-state index contributed by atoms with van der Waals surface area (Å²) in [5, 5.41) is 2.78. The number of nitrogens with two attached hydrogens (primary N) is 1. The lowest BCUT2D eigenvalue weighted by atomic mass is 10.0. The fraction of sp³-hybridized carbons (Fsp3) is 0.333. The van der Waals surface area contributed by atoms with Crippen molar-refractivity contribution < 1.29 is 13.9 Å². The molecule has 1 aromatic carbocycles. The van der Waals surface area contributed by atoms with Crippen molar-refractivity contribution in [2.24, 2.45) is 11.7 Å². The van der Waals surface area contributed by atoms with Crippen LogP contribution in [0.4, 0.5) is 4.39 Å². The number of carbonyl (C=O) groups excluding carboxylic acids is 1. The first-order chi connectivity index (χ1) is 11.5. The molecule has 2 rings (SSSR count). The van der Waals surface area contributed by atoms with Crippen molar-refractivity contribution in [1.29, 1.82) is 0 Å². The Morgan fingerprint density at radius 3 is 2.83 bits per heavy atom. The molecule has 0 aliphatic heterocycles. The average molecular weight is 331 g/mol. The number of carbonyl (C=O) groups is 1. The summed E-state index contributed by atoms with van der Waals surface area (Å²) in [6.07, 6.45) is 2.19. The molecule has 0 saturated heterocycles. The van der Waals surface area contributed by atoms with Crippen LogP contribution in [0.2, 0.25) is 0 Å². The Kier molecular flexibility index (Phi) is 6.26. The molecule has 24 heavy (non-hydrogen) atoms. The van der Waals surface area contributed by atoms with E-state index in [4.69, 9.17) is 10.5 Å². The van der Waals surface area contributed by atoms with Crippen molar-refractivity contribution in [3.8, 4) is 11.6 Å². The van der Waals surface area contributed by atoms with E-state index in [0.29, 0.717) is 29.5 Å². The summed E-state index contributed by atoms with van der Waals surface area (Å²) >= 11 is 0. The van der Waals surface area contributed by atoms with Crippen LogP contribution >= 0.6 is 0 Å². The zero-order chi connectivity index (χ0) is 17.5. The van der Waals surface area contributed by atoms with Gasteiger partial charge in [-0.3, -0.25) is 4.79 Å². The molecule has 6 heteroatoms. The minimum Gasteiger partial charge on any atom is -0.439 e. The summed E-state index contributed by atoms with van der Waals surface area (Å²) in [7, 11) is 0. The van der Waals surface area contributed by atoms with Gasteiger partial charge in [-0.15, -0.1) is 0 Å². The van der Waals surface area contributed by atoms with E-state index in [9.17, 15) is 9.18 Å². The standard InChI is InChI=1S/C18H22FN3O2/c1-12(2)9-16(20)17(23)22-11-13-5-4-8-21-18(13)24-15-7-3-6-14(19)10-15/h3-8,10,12,16H,9,11,20H2,1-2H3,(H,22,23)/t16-/m0/s1. The molecule has 0 aliphatic carbocycles. The number of ether oxygens (including phenoxy) is 1. The van der Waals surface area contributed by atoms with Crippen molar-refractivity contribution in [3.05, 3.63) is 54.0 Å². The van der Waals surface area contributed by atoms with Crippen LogP contribution in [0, 0.1) is 11.7 Å². The van der Waals surface area contributed by atoms with Gasteiger partial charge < -0.3 is 15.8 Å². The highest BCUT2D eigenvalue weighted by molar-refractivity contribution is 5.81. The summed E-state index contributed by atoms with van der Waals surface area (Å²) < 4.78 is 18.9. The molecular weight excluding hydrogens is 309 g/mol. The van der Waals surface area contributed by atoms with E-state index in [1.54, 1.807) is 30.5 Å². The summed E-state index contributed by atoms with van der Waals surface area (Å²) in [5.41, 5.74) is 6.55. The van der Waals surface area contributed by atoms with Crippen LogP contribution in [0.1, 0.15) is 25.8 Å². The number of benzene rings is 1. The molecule has 0 spiro atoms. The van der Waals surface area contributed by atoms with E-state index in [0.717, 1.165) is 0 Å². The monoisotopic (exact) mass is 331 g/mol. The fourth-order valence-electron chi connectivity index (χ4n) is 2.22. The number of nitrogens with zero attached hydrogens (tertiary/aromatic N) is 1. The second-order valence-corrected chi connectivity index (χ2v) is 5.98.